The first-order chi connectivity index (χ1) is 6.31. The molecule has 14 heavy (non-hydrogen) atoms. The SMILES string of the molecule is CC(C)COC(=O)OOOC(C)(C)C. The third-order valence-electron chi connectivity index (χ3n) is 0.921. The van der Waals surface area contributed by atoms with Crippen molar-refractivity contribution < 1.29 is 24.3 Å². The van der Waals surface area contributed by atoms with E-state index in [0.717, 1.165) is 0 Å². The summed E-state index contributed by atoms with van der Waals surface area (Å²) in [7, 11) is 0. The summed E-state index contributed by atoms with van der Waals surface area (Å²) >= 11 is 0. The summed E-state index contributed by atoms with van der Waals surface area (Å²) < 4.78 is 4.65. The Labute approximate surface area is 84.1 Å². The second-order valence-corrected chi connectivity index (χ2v) is 4.30. The van der Waals surface area contributed by atoms with Crippen molar-refractivity contribution in [2.75, 3.05) is 6.61 Å². The van der Waals surface area contributed by atoms with E-state index in [4.69, 9.17) is 0 Å². The Morgan fingerprint density at radius 2 is 1.86 bits per heavy atom. The summed E-state index contributed by atoms with van der Waals surface area (Å²) in [6.07, 6.45) is -0.900. The lowest BCUT2D eigenvalue weighted by molar-refractivity contribution is -0.514. The third kappa shape index (κ3) is 9.28. The highest BCUT2D eigenvalue weighted by Gasteiger charge is 2.14. The van der Waals surface area contributed by atoms with Gasteiger partial charge in [-0.05, 0) is 31.7 Å². The number of hydrogen-bond acceptors (Lipinski definition) is 5. The van der Waals surface area contributed by atoms with E-state index in [0.29, 0.717) is 0 Å². The molecule has 0 amide bonds. The van der Waals surface area contributed by atoms with E-state index in [1.165, 1.54) is 0 Å². The quantitative estimate of drug-likeness (QED) is 0.401. The molecule has 0 aromatic heterocycles. The molecule has 0 heterocycles. The molecule has 0 saturated heterocycles. The van der Waals surface area contributed by atoms with Gasteiger partial charge in [0.05, 0.1) is 12.2 Å². The van der Waals surface area contributed by atoms with Gasteiger partial charge in [0, 0.05) is 0 Å². The van der Waals surface area contributed by atoms with Gasteiger partial charge in [-0.2, -0.15) is 4.89 Å². The van der Waals surface area contributed by atoms with Crippen LogP contribution in [-0.2, 0) is 19.6 Å². The number of hydrogen-bond donors (Lipinski definition) is 0. The molecule has 0 radical (unpaired) electrons. The second-order valence-electron chi connectivity index (χ2n) is 4.30. The minimum absolute atomic E-state index is 0.256. The van der Waals surface area contributed by atoms with E-state index >= 15 is 0 Å². The summed E-state index contributed by atoms with van der Waals surface area (Å²) in [4.78, 5) is 19.7. The first-order valence-electron chi connectivity index (χ1n) is 4.50. The zero-order valence-corrected chi connectivity index (χ0v) is 9.33. The highest BCUT2D eigenvalue weighted by molar-refractivity contribution is 5.58. The van der Waals surface area contributed by atoms with Crippen molar-refractivity contribution in [2.24, 2.45) is 5.92 Å². The molecule has 0 aliphatic heterocycles. The number of carbonyl (C=O) groups excluding carboxylic acids is 1. The molecule has 0 aliphatic carbocycles. The van der Waals surface area contributed by atoms with Crippen LogP contribution in [0.15, 0.2) is 0 Å². The van der Waals surface area contributed by atoms with Crippen molar-refractivity contribution in [2.45, 2.75) is 40.2 Å². The largest absolute Gasteiger partial charge is 0.542 e. The van der Waals surface area contributed by atoms with Gasteiger partial charge in [-0.15, -0.1) is 0 Å². The van der Waals surface area contributed by atoms with Crippen molar-refractivity contribution in [3.63, 3.8) is 0 Å². The fourth-order valence-corrected chi connectivity index (χ4v) is 0.406. The summed E-state index contributed by atoms with van der Waals surface area (Å²) in [6, 6.07) is 0. The van der Waals surface area contributed by atoms with E-state index in [1.807, 2.05) is 13.8 Å². The van der Waals surface area contributed by atoms with Crippen LogP contribution in [0.1, 0.15) is 34.6 Å². The van der Waals surface area contributed by atoms with Gasteiger partial charge in [0.1, 0.15) is 0 Å². The molecule has 0 unspecified atom stereocenters. The van der Waals surface area contributed by atoms with Crippen molar-refractivity contribution in [1.82, 2.24) is 0 Å². The molecule has 84 valence electrons. The predicted molar refractivity (Wildman–Crippen MR) is 49.2 cm³/mol. The predicted octanol–water partition coefficient (Wildman–Crippen LogP) is 2.46. The Hall–Kier alpha value is -0.810. The maximum absolute atomic E-state index is 10.8. The molecular weight excluding hydrogens is 188 g/mol. The van der Waals surface area contributed by atoms with Gasteiger partial charge >= 0.3 is 6.16 Å². The molecule has 0 spiro atoms. The topological polar surface area (TPSA) is 54.0 Å². The van der Waals surface area contributed by atoms with Crippen molar-refractivity contribution >= 4 is 6.16 Å². The highest BCUT2D eigenvalue weighted by atomic mass is 17.5. The van der Waals surface area contributed by atoms with Crippen LogP contribution >= 0.6 is 0 Å². The minimum atomic E-state index is -0.900. The van der Waals surface area contributed by atoms with Crippen LogP contribution in [0, 0.1) is 5.92 Å². The molecule has 0 bridgehead atoms. The van der Waals surface area contributed by atoms with Gasteiger partial charge in [-0.3, -0.25) is 0 Å². The van der Waals surface area contributed by atoms with Crippen molar-refractivity contribution in [3.8, 4) is 0 Å². The van der Waals surface area contributed by atoms with Crippen LogP contribution in [0.3, 0.4) is 0 Å². The Morgan fingerprint density at radius 3 is 2.29 bits per heavy atom. The van der Waals surface area contributed by atoms with Crippen LogP contribution in [0.2, 0.25) is 0 Å². The van der Waals surface area contributed by atoms with Gasteiger partial charge in [-0.25, -0.2) is 9.68 Å². The third-order valence-corrected chi connectivity index (χ3v) is 0.921. The van der Waals surface area contributed by atoms with Crippen molar-refractivity contribution in [1.29, 1.82) is 0 Å². The molecular formula is C9H18O5. The Balaban J connectivity index is 3.46. The van der Waals surface area contributed by atoms with Crippen LogP contribution < -0.4 is 0 Å². The summed E-state index contributed by atoms with van der Waals surface area (Å²) in [6.45, 7) is 9.40. The van der Waals surface area contributed by atoms with Gasteiger partial charge < -0.3 is 4.74 Å². The van der Waals surface area contributed by atoms with E-state index in [1.54, 1.807) is 20.8 Å². The Bertz CT molecular complexity index is 171. The first kappa shape index (κ1) is 13.2. The van der Waals surface area contributed by atoms with Gasteiger partial charge in [-0.1, -0.05) is 13.8 Å². The van der Waals surface area contributed by atoms with E-state index in [2.05, 4.69) is 19.6 Å². The number of carbonyl (C=O) groups is 1. The van der Waals surface area contributed by atoms with Crippen LogP contribution in [0.5, 0.6) is 0 Å². The lowest BCUT2D eigenvalue weighted by atomic mass is 10.2. The molecule has 0 rings (SSSR count). The average Bonchev–Trinajstić information content (AvgIpc) is 1.98. The highest BCUT2D eigenvalue weighted by Crippen LogP contribution is 2.07. The van der Waals surface area contributed by atoms with E-state index in [-0.39, 0.29) is 12.5 Å². The fourth-order valence-electron chi connectivity index (χ4n) is 0.406. The van der Waals surface area contributed by atoms with Gasteiger partial charge in [0.25, 0.3) is 0 Å². The molecule has 0 atom stereocenters. The normalized spacial score (nSPS) is 11.6. The molecule has 0 saturated carbocycles. The standard InChI is InChI=1S/C9H18O5/c1-7(2)6-11-8(10)12-14-13-9(3,4)5/h7H,6H2,1-5H3. The second kappa shape index (κ2) is 5.82. The zero-order chi connectivity index (χ0) is 11.2. The summed E-state index contributed by atoms with van der Waals surface area (Å²) in [5, 5.41) is 4.22. The van der Waals surface area contributed by atoms with Crippen LogP contribution in [-0.4, -0.2) is 18.4 Å². The smallest absolute Gasteiger partial charge is 0.432 e. The molecule has 0 aromatic carbocycles. The lowest BCUT2D eigenvalue weighted by Crippen LogP contribution is -2.21. The summed E-state index contributed by atoms with van der Waals surface area (Å²) in [5.41, 5.74) is -0.529. The molecule has 0 fully saturated rings. The monoisotopic (exact) mass is 206 g/mol. The van der Waals surface area contributed by atoms with Crippen LogP contribution in [0.4, 0.5) is 4.79 Å². The minimum Gasteiger partial charge on any atom is -0.432 e. The van der Waals surface area contributed by atoms with E-state index < -0.39 is 11.8 Å². The summed E-state index contributed by atoms with van der Waals surface area (Å²) in [5.74, 6) is 0.256. The Kier molecular flexibility index (Phi) is 5.49. The lowest BCUT2D eigenvalue weighted by Gasteiger charge is -2.15. The zero-order valence-electron chi connectivity index (χ0n) is 9.33. The average molecular weight is 206 g/mol. The fraction of sp³-hybridized carbons (Fsp3) is 0.889. The first-order valence-corrected chi connectivity index (χ1v) is 4.50. The molecule has 5 heteroatoms. The number of ether oxygens (including phenoxy) is 1. The van der Waals surface area contributed by atoms with Gasteiger partial charge in [0.2, 0.25) is 0 Å². The van der Waals surface area contributed by atoms with Crippen molar-refractivity contribution in [3.05, 3.63) is 0 Å². The van der Waals surface area contributed by atoms with Crippen LogP contribution in [0.25, 0.3) is 0 Å². The Morgan fingerprint density at radius 1 is 1.29 bits per heavy atom. The van der Waals surface area contributed by atoms with Gasteiger partial charge in [0.15, 0.2) is 0 Å². The molecule has 0 aliphatic rings. The maximum Gasteiger partial charge on any atom is 0.542 e. The van der Waals surface area contributed by atoms with E-state index in [9.17, 15) is 4.79 Å². The number of rotatable bonds is 4. The maximum atomic E-state index is 10.8. The molecule has 0 N–H and O–H groups in total. The molecule has 5 nitrogen and oxygen atoms in total. The molecule has 0 aromatic rings.